The molecule has 0 saturated carbocycles. The molecule has 3 nitrogen and oxygen atoms in total. The zero-order valence-electron chi connectivity index (χ0n) is 12.2. The zero-order valence-corrected chi connectivity index (χ0v) is 12.2. The summed E-state index contributed by atoms with van der Waals surface area (Å²) in [5, 5.41) is 4.63. The fourth-order valence-corrected chi connectivity index (χ4v) is 2.01. The van der Waals surface area contributed by atoms with Crippen LogP contribution in [0.25, 0.3) is 11.0 Å². The van der Waals surface area contributed by atoms with Crippen molar-refractivity contribution in [3.8, 4) is 0 Å². The molecular formula is C16H23NO2. The second-order valence-corrected chi connectivity index (χ2v) is 5.58. The van der Waals surface area contributed by atoms with Crippen molar-refractivity contribution >= 4 is 11.0 Å². The van der Waals surface area contributed by atoms with Gasteiger partial charge in [0, 0.05) is 12.5 Å². The highest BCUT2D eigenvalue weighted by Gasteiger charge is 2.17. The first-order valence-electron chi connectivity index (χ1n) is 6.79. The minimum Gasteiger partial charge on any atom is -0.459 e. The molecular weight excluding hydrogens is 238 g/mol. The minimum atomic E-state index is -0.0827. The van der Waals surface area contributed by atoms with E-state index in [2.05, 4.69) is 38.2 Å². The summed E-state index contributed by atoms with van der Waals surface area (Å²) >= 11 is 0. The van der Waals surface area contributed by atoms with Gasteiger partial charge >= 0.3 is 0 Å². The summed E-state index contributed by atoms with van der Waals surface area (Å²) in [4.78, 5) is 0. The molecule has 0 amide bonds. The van der Waals surface area contributed by atoms with Crippen LogP contribution in [-0.4, -0.2) is 19.3 Å². The summed E-state index contributed by atoms with van der Waals surface area (Å²) in [7, 11) is 1.75. The van der Waals surface area contributed by atoms with Crippen molar-refractivity contribution in [3.05, 3.63) is 36.1 Å². The predicted octanol–water partition coefficient (Wildman–Crippen LogP) is 3.90. The Labute approximate surface area is 114 Å². The maximum absolute atomic E-state index is 5.85. The van der Waals surface area contributed by atoms with Crippen molar-refractivity contribution in [1.29, 1.82) is 0 Å². The van der Waals surface area contributed by atoms with Gasteiger partial charge in [0.1, 0.15) is 11.3 Å². The van der Waals surface area contributed by atoms with Gasteiger partial charge in [-0.3, -0.25) is 0 Å². The third-order valence-electron chi connectivity index (χ3n) is 3.60. The lowest BCUT2D eigenvalue weighted by Gasteiger charge is -2.23. The molecule has 0 aliphatic rings. The van der Waals surface area contributed by atoms with Crippen molar-refractivity contribution < 1.29 is 9.15 Å². The molecule has 1 aromatic carbocycles. The molecule has 0 bridgehead atoms. The van der Waals surface area contributed by atoms with E-state index >= 15 is 0 Å². The Morgan fingerprint density at radius 1 is 1.32 bits per heavy atom. The van der Waals surface area contributed by atoms with Crippen LogP contribution < -0.4 is 5.32 Å². The quantitative estimate of drug-likeness (QED) is 0.856. The molecule has 2 aromatic rings. The summed E-state index contributed by atoms with van der Waals surface area (Å²) in [5.74, 6) is 0.983. The monoisotopic (exact) mass is 261 g/mol. The largest absolute Gasteiger partial charge is 0.459 e. The topological polar surface area (TPSA) is 34.4 Å². The van der Waals surface area contributed by atoms with Crippen molar-refractivity contribution in [3.63, 3.8) is 0 Å². The third-order valence-corrected chi connectivity index (χ3v) is 3.60. The number of benzene rings is 1. The molecule has 104 valence electrons. The smallest absolute Gasteiger partial charge is 0.134 e. The fraction of sp³-hybridized carbons (Fsp3) is 0.500. The van der Waals surface area contributed by atoms with Crippen LogP contribution >= 0.6 is 0 Å². The maximum Gasteiger partial charge on any atom is 0.134 e. The van der Waals surface area contributed by atoms with E-state index in [4.69, 9.17) is 9.15 Å². The van der Waals surface area contributed by atoms with Crippen LogP contribution in [0.15, 0.2) is 34.7 Å². The number of para-hydroxylation sites is 1. The molecule has 0 aliphatic heterocycles. The van der Waals surface area contributed by atoms with Gasteiger partial charge in [-0.15, -0.1) is 0 Å². The molecule has 3 heteroatoms. The van der Waals surface area contributed by atoms with Crippen LogP contribution in [0, 0.1) is 0 Å². The number of methoxy groups -OCH3 is 1. The molecule has 0 fully saturated rings. The van der Waals surface area contributed by atoms with Crippen molar-refractivity contribution in [2.45, 2.75) is 38.8 Å². The number of rotatable bonds is 6. The average molecular weight is 261 g/mol. The van der Waals surface area contributed by atoms with Crippen molar-refractivity contribution in [1.82, 2.24) is 5.32 Å². The summed E-state index contributed by atoms with van der Waals surface area (Å²) in [5.41, 5.74) is 0.865. The molecule has 19 heavy (non-hydrogen) atoms. The second-order valence-electron chi connectivity index (χ2n) is 5.58. The SMILES string of the molecule is COC(C)(C)CCNC(C)c1cc2ccccc2o1. The Balaban J connectivity index is 1.94. The molecule has 2 rings (SSSR count). The lowest BCUT2D eigenvalue weighted by atomic mass is 10.1. The minimum absolute atomic E-state index is 0.0827. The third kappa shape index (κ3) is 3.58. The van der Waals surface area contributed by atoms with E-state index in [-0.39, 0.29) is 11.6 Å². The summed E-state index contributed by atoms with van der Waals surface area (Å²) < 4.78 is 11.3. The first kappa shape index (κ1) is 14.1. The van der Waals surface area contributed by atoms with E-state index in [1.807, 2.05) is 18.2 Å². The lowest BCUT2D eigenvalue weighted by Crippen LogP contribution is -2.30. The Kier molecular flexibility index (Phi) is 4.27. The van der Waals surface area contributed by atoms with E-state index in [1.165, 1.54) is 0 Å². The van der Waals surface area contributed by atoms with E-state index < -0.39 is 0 Å². The number of hydrogen-bond acceptors (Lipinski definition) is 3. The summed E-state index contributed by atoms with van der Waals surface area (Å²) in [6, 6.07) is 10.4. The van der Waals surface area contributed by atoms with E-state index in [1.54, 1.807) is 7.11 Å². The maximum atomic E-state index is 5.85. The van der Waals surface area contributed by atoms with Gasteiger partial charge in [-0.25, -0.2) is 0 Å². The number of ether oxygens (including phenoxy) is 1. The molecule has 1 heterocycles. The van der Waals surface area contributed by atoms with Gasteiger partial charge in [-0.05, 0) is 45.9 Å². The highest BCUT2D eigenvalue weighted by Crippen LogP contribution is 2.23. The molecule has 1 aromatic heterocycles. The van der Waals surface area contributed by atoms with Gasteiger partial charge in [0.05, 0.1) is 11.6 Å². The van der Waals surface area contributed by atoms with E-state index in [9.17, 15) is 0 Å². The van der Waals surface area contributed by atoms with Gasteiger partial charge in [-0.1, -0.05) is 18.2 Å². The summed E-state index contributed by atoms with van der Waals surface area (Å²) in [6.07, 6.45) is 0.966. The second kappa shape index (κ2) is 5.76. The van der Waals surface area contributed by atoms with Gasteiger partial charge in [0.15, 0.2) is 0 Å². The van der Waals surface area contributed by atoms with Gasteiger partial charge in [0.2, 0.25) is 0 Å². The highest BCUT2D eigenvalue weighted by atomic mass is 16.5. The zero-order chi connectivity index (χ0) is 13.9. The number of nitrogens with one attached hydrogen (secondary N) is 1. The Morgan fingerprint density at radius 2 is 2.05 bits per heavy atom. The molecule has 0 saturated heterocycles. The van der Waals surface area contributed by atoms with Crippen LogP contribution in [-0.2, 0) is 4.74 Å². The van der Waals surface area contributed by atoms with Gasteiger partial charge < -0.3 is 14.5 Å². The van der Waals surface area contributed by atoms with Crippen LogP contribution in [0.1, 0.15) is 39.0 Å². The first-order valence-corrected chi connectivity index (χ1v) is 6.79. The Hall–Kier alpha value is -1.32. The highest BCUT2D eigenvalue weighted by molar-refractivity contribution is 5.77. The van der Waals surface area contributed by atoms with Gasteiger partial charge in [0.25, 0.3) is 0 Å². The molecule has 0 radical (unpaired) electrons. The van der Waals surface area contributed by atoms with Crippen LogP contribution in [0.2, 0.25) is 0 Å². The van der Waals surface area contributed by atoms with Crippen LogP contribution in [0.3, 0.4) is 0 Å². The van der Waals surface area contributed by atoms with Gasteiger partial charge in [-0.2, -0.15) is 0 Å². The normalized spacial score (nSPS) is 13.9. The Morgan fingerprint density at radius 3 is 2.74 bits per heavy atom. The van der Waals surface area contributed by atoms with Crippen LogP contribution in [0.4, 0.5) is 0 Å². The number of hydrogen-bond donors (Lipinski definition) is 1. The van der Waals surface area contributed by atoms with Crippen LogP contribution in [0.5, 0.6) is 0 Å². The van der Waals surface area contributed by atoms with E-state index in [0.717, 1.165) is 29.7 Å². The molecule has 0 aliphatic carbocycles. The predicted molar refractivity (Wildman–Crippen MR) is 78.3 cm³/mol. The molecule has 1 N–H and O–H groups in total. The van der Waals surface area contributed by atoms with E-state index in [0.29, 0.717) is 0 Å². The first-order chi connectivity index (χ1) is 9.02. The Bertz CT molecular complexity index is 497. The summed E-state index contributed by atoms with van der Waals surface area (Å²) in [6.45, 7) is 7.22. The molecule has 0 spiro atoms. The lowest BCUT2D eigenvalue weighted by molar-refractivity contribution is 0.0153. The number of fused-ring (bicyclic) bond motifs is 1. The standard InChI is InChI=1S/C16H23NO2/c1-12(17-10-9-16(2,3)18-4)15-11-13-7-5-6-8-14(13)19-15/h5-8,11-12,17H,9-10H2,1-4H3. The van der Waals surface area contributed by atoms with Crippen molar-refractivity contribution in [2.75, 3.05) is 13.7 Å². The molecule has 1 atom stereocenters. The number of furan rings is 1. The molecule has 1 unspecified atom stereocenters. The fourth-order valence-electron chi connectivity index (χ4n) is 2.01. The van der Waals surface area contributed by atoms with Crippen molar-refractivity contribution in [2.24, 2.45) is 0 Å². The average Bonchev–Trinajstić information content (AvgIpc) is 2.82.